The minimum atomic E-state index is 0.219. The summed E-state index contributed by atoms with van der Waals surface area (Å²) in [5.74, 6) is 0. The maximum Gasteiger partial charge on any atom is 0.0546 e. The topological polar surface area (TPSA) is 41.7 Å². The molecule has 2 aliphatic heterocycles. The Bertz CT molecular complexity index is 258. The highest BCUT2D eigenvalue weighted by Gasteiger charge is 2.34. The Balaban J connectivity index is 1.81. The van der Waals surface area contributed by atoms with Crippen LogP contribution < -0.4 is 5.73 Å². The Morgan fingerprint density at radius 3 is 2.53 bits per heavy atom. The van der Waals surface area contributed by atoms with Crippen molar-refractivity contribution >= 4 is 0 Å². The van der Waals surface area contributed by atoms with Gasteiger partial charge in [-0.2, -0.15) is 0 Å². The van der Waals surface area contributed by atoms with Crippen LogP contribution in [0.25, 0.3) is 0 Å². The van der Waals surface area contributed by atoms with Gasteiger partial charge in [0.15, 0.2) is 0 Å². The van der Waals surface area contributed by atoms with Crippen molar-refractivity contribution in [1.29, 1.82) is 0 Å². The lowest BCUT2D eigenvalue weighted by atomic mass is 9.82. The third-order valence-corrected chi connectivity index (χ3v) is 5.02. The van der Waals surface area contributed by atoms with E-state index in [0.717, 1.165) is 32.3 Å². The van der Waals surface area contributed by atoms with Crippen molar-refractivity contribution in [2.45, 2.75) is 39.2 Å². The molecule has 4 heteroatoms. The summed E-state index contributed by atoms with van der Waals surface area (Å²) in [4.78, 5) is 5.21. The first-order valence-electron chi connectivity index (χ1n) is 7.93. The summed E-state index contributed by atoms with van der Waals surface area (Å²) < 4.78 is 5.68. The Kier molecular flexibility index (Phi) is 5.63. The molecule has 2 unspecified atom stereocenters. The van der Waals surface area contributed by atoms with Crippen LogP contribution in [0.4, 0.5) is 0 Å². The van der Waals surface area contributed by atoms with Crippen LogP contribution in [0.2, 0.25) is 0 Å². The van der Waals surface area contributed by atoms with Crippen LogP contribution in [0, 0.1) is 5.41 Å². The van der Waals surface area contributed by atoms with Crippen molar-refractivity contribution in [3.8, 4) is 0 Å². The SMILES string of the molecule is CCC(C)N1CCN(CC2(CN)CCCOC2)CC1. The van der Waals surface area contributed by atoms with Crippen molar-refractivity contribution in [2.24, 2.45) is 11.1 Å². The molecule has 2 aliphatic rings. The second-order valence-electron chi connectivity index (χ2n) is 6.43. The Morgan fingerprint density at radius 1 is 1.26 bits per heavy atom. The predicted octanol–water partition coefficient (Wildman–Crippen LogP) is 1.16. The van der Waals surface area contributed by atoms with Gasteiger partial charge in [-0.25, -0.2) is 0 Å². The molecule has 0 aromatic carbocycles. The zero-order chi connectivity index (χ0) is 13.7. The normalized spacial score (nSPS) is 32.4. The fourth-order valence-corrected chi connectivity index (χ4v) is 3.36. The summed E-state index contributed by atoms with van der Waals surface area (Å²) in [6.45, 7) is 13.1. The fourth-order valence-electron chi connectivity index (χ4n) is 3.36. The molecule has 2 fully saturated rings. The molecule has 0 saturated carbocycles. The maximum atomic E-state index is 6.04. The Morgan fingerprint density at radius 2 is 2.00 bits per heavy atom. The van der Waals surface area contributed by atoms with Gasteiger partial charge in [-0.3, -0.25) is 4.90 Å². The summed E-state index contributed by atoms with van der Waals surface area (Å²) in [6.07, 6.45) is 3.65. The average Bonchev–Trinajstić information content (AvgIpc) is 2.48. The first-order valence-corrected chi connectivity index (χ1v) is 7.93. The first-order chi connectivity index (χ1) is 9.19. The molecule has 2 heterocycles. The number of rotatable bonds is 5. The largest absolute Gasteiger partial charge is 0.381 e. The number of hydrogen-bond acceptors (Lipinski definition) is 4. The molecule has 112 valence electrons. The van der Waals surface area contributed by atoms with Crippen LogP contribution in [0.3, 0.4) is 0 Å². The Hall–Kier alpha value is -0.160. The number of piperazine rings is 1. The van der Waals surface area contributed by atoms with E-state index in [1.807, 2.05) is 0 Å². The zero-order valence-electron chi connectivity index (χ0n) is 12.7. The van der Waals surface area contributed by atoms with E-state index in [9.17, 15) is 0 Å². The molecule has 0 aromatic heterocycles. The van der Waals surface area contributed by atoms with Gasteiger partial charge in [-0.1, -0.05) is 6.92 Å². The van der Waals surface area contributed by atoms with E-state index >= 15 is 0 Å². The van der Waals surface area contributed by atoms with Gasteiger partial charge < -0.3 is 15.4 Å². The van der Waals surface area contributed by atoms with E-state index in [1.54, 1.807) is 0 Å². The molecule has 0 bridgehead atoms. The minimum absolute atomic E-state index is 0.219. The number of ether oxygens (including phenoxy) is 1. The van der Waals surface area contributed by atoms with Gasteiger partial charge in [0.1, 0.15) is 0 Å². The minimum Gasteiger partial charge on any atom is -0.381 e. The van der Waals surface area contributed by atoms with Crippen LogP contribution in [0.1, 0.15) is 33.1 Å². The van der Waals surface area contributed by atoms with Gasteiger partial charge in [0.05, 0.1) is 6.61 Å². The van der Waals surface area contributed by atoms with Crippen LogP contribution in [-0.4, -0.2) is 68.3 Å². The highest BCUT2D eigenvalue weighted by molar-refractivity contribution is 4.88. The molecule has 2 saturated heterocycles. The molecule has 2 atom stereocenters. The maximum absolute atomic E-state index is 6.04. The summed E-state index contributed by atoms with van der Waals surface area (Å²) in [5.41, 5.74) is 6.25. The molecule has 0 spiro atoms. The lowest BCUT2D eigenvalue weighted by molar-refractivity contribution is -0.0306. The summed E-state index contributed by atoms with van der Waals surface area (Å²) >= 11 is 0. The highest BCUT2D eigenvalue weighted by atomic mass is 16.5. The number of nitrogens with two attached hydrogens (primary N) is 1. The van der Waals surface area contributed by atoms with Gasteiger partial charge in [0.25, 0.3) is 0 Å². The lowest BCUT2D eigenvalue weighted by Gasteiger charge is -2.44. The van der Waals surface area contributed by atoms with E-state index in [0.29, 0.717) is 0 Å². The molecular formula is C15H31N3O. The van der Waals surface area contributed by atoms with Crippen molar-refractivity contribution in [1.82, 2.24) is 9.80 Å². The molecule has 0 aliphatic carbocycles. The molecule has 19 heavy (non-hydrogen) atoms. The molecule has 0 amide bonds. The monoisotopic (exact) mass is 269 g/mol. The van der Waals surface area contributed by atoms with E-state index in [4.69, 9.17) is 10.5 Å². The molecular weight excluding hydrogens is 238 g/mol. The smallest absolute Gasteiger partial charge is 0.0546 e. The average molecular weight is 269 g/mol. The second-order valence-corrected chi connectivity index (χ2v) is 6.43. The summed E-state index contributed by atoms with van der Waals surface area (Å²) in [6, 6.07) is 0.726. The molecule has 2 N–H and O–H groups in total. The van der Waals surface area contributed by atoms with E-state index in [1.165, 1.54) is 45.4 Å². The number of nitrogens with zero attached hydrogens (tertiary/aromatic N) is 2. The third kappa shape index (κ3) is 3.91. The summed E-state index contributed by atoms with van der Waals surface area (Å²) in [7, 11) is 0. The van der Waals surface area contributed by atoms with Crippen molar-refractivity contribution in [3.05, 3.63) is 0 Å². The van der Waals surface area contributed by atoms with Crippen molar-refractivity contribution in [2.75, 3.05) is 52.5 Å². The molecule has 0 aromatic rings. The fraction of sp³-hybridized carbons (Fsp3) is 1.00. The van der Waals surface area contributed by atoms with Gasteiger partial charge in [0, 0.05) is 57.3 Å². The van der Waals surface area contributed by atoms with Crippen molar-refractivity contribution < 1.29 is 4.74 Å². The van der Waals surface area contributed by atoms with Crippen LogP contribution in [0.5, 0.6) is 0 Å². The third-order valence-electron chi connectivity index (χ3n) is 5.02. The highest BCUT2D eigenvalue weighted by Crippen LogP contribution is 2.29. The quantitative estimate of drug-likeness (QED) is 0.813. The standard InChI is InChI=1S/C15H31N3O/c1-3-14(2)18-8-6-17(7-9-18)12-15(11-16)5-4-10-19-13-15/h14H,3-13,16H2,1-2H3. The number of hydrogen-bond donors (Lipinski definition) is 1. The lowest BCUT2D eigenvalue weighted by Crippen LogP contribution is -2.54. The predicted molar refractivity (Wildman–Crippen MR) is 79.3 cm³/mol. The molecule has 4 nitrogen and oxygen atoms in total. The first kappa shape index (κ1) is 15.2. The van der Waals surface area contributed by atoms with Crippen LogP contribution >= 0.6 is 0 Å². The van der Waals surface area contributed by atoms with E-state index in [-0.39, 0.29) is 5.41 Å². The van der Waals surface area contributed by atoms with Crippen LogP contribution in [-0.2, 0) is 4.74 Å². The van der Waals surface area contributed by atoms with Gasteiger partial charge >= 0.3 is 0 Å². The van der Waals surface area contributed by atoms with Crippen molar-refractivity contribution in [3.63, 3.8) is 0 Å². The Labute approximate surface area is 118 Å². The molecule has 0 radical (unpaired) electrons. The van der Waals surface area contributed by atoms with Gasteiger partial charge in [-0.05, 0) is 26.2 Å². The summed E-state index contributed by atoms with van der Waals surface area (Å²) in [5, 5.41) is 0. The second kappa shape index (κ2) is 7.02. The van der Waals surface area contributed by atoms with Gasteiger partial charge in [0.2, 0.25) is 0 Å². The van der Waals surface area contributed by atoms with E-state index < -0.39 is 0 Å². The van der Waals surface area contributed by atoms with E-state index in [2.05, 4.69) is 23.6 Å². The zero-order valence-corrected chi connectivity index (χ0v) is 12.7. The van der Waals surface area contributed by atoms with Crippen LogP contribution in [0.15, 0.2) is 0 Å². The molecule has 2 rings (SSSR count). The van der Waals surface area contributed by atoms with Gasteiger partial charge in [-0.15, -0.1) is 0 Å².